The molecule has 1 heterocycles. The Labute approximate surface area is 112 Å². The van der Waals surface area contributed by atoms with Crippen molar-refractivity contribution >= 4 is 40.2 Å². The number of nitrogens with one attached hydrogen (secondary N) is 1. The van der Waals surface area contributed by atoms with Gasteiger partial charge in [0.15, 0.2) is 5.82 Å². The predicted molar refractivity (Wildman–Crippen MR) is 70.6 cm³/mol. The number of hydrogen-bond donors (Lipinski definition) is 1. The SMILES string of the molecule is CC(Nc1cc(Cl)c(F)c(Cl)c1)c1cscn1. The zero-order chi connectivity index (χ0) is 12.4. The van der Waals surface area contributed by atoms with Crippen molar-refractivity contribution < 1.29 is 4.39 Å². The standard InChI is InChI=1S/C11H9Cl2FN2S/c1-6(10-4-17-5-15-10)16-7-2-8(12)11(14)9(13)3-7/h2-6,16H,1H3. The van der Waals surface area contributed by atoms with Gasteiger partial charge >= 0.3 is 0 Å². The number of benzene rings is 1. The number of rotatable bonds is 3. The molecule has 6 heteroatoms. The molecule has 1 aromatic heterocycles. The highest BCUT2D eigenvalue weighted by Crippen LogP contribution is 2.29. The topological polar surface area (TPSA) is 24.9 Å². The van der Waals surface area contributed by atoms with Crippen molar-refractivity contribution in [3.8, 4) is 0 Å². The lowest BCUT2D eigenvalue weighted by Gasteiger charge is -2.14. The van der Waals surface area contributed by atoms with Crippen molar-refractivity contribution in [2.45, 2.75) is 13.0 Å². The number of aromatic nitrogens is 1. The van der Waals surface area contributed by atoms with Crippen LogP contribution in [0.25, 0.3) is 0 Å². The summed E-state index contributed by atoms with van der Waals surface area (Å²) < 4.78 is 13.2. The highest BCUT2D eigenvalue weighted by atomic mass is 35.5. The average molecular weight is 291 g/mol. The van der Waals surface area contributed by atoms with Crippen LogP contribution in [-0.2, 0) is 0 Å². The zero-order valence-electron chi connectivity index (χ0n) is 8.88. The molecule has 0 spiro atoms. The first-order valence-corrected chi connectivity index (χ1v) is 6.57. The summed E-state index contributed by atoms with van der Waals surface area (Å²) in [5.41, 5.74) is 3.35. The molecule has 0 bridgehead atoms. The Hall–Kier alpha value is -0.840. The molecule has 0 aliphatic carbocycles. The lowest BCUT2D eigenvalue weighted by atomic mass is 10.2. The van der Waals surface area contributed by atoms with Crippen molar-refractivity contribution in [1.82, 2.24) is 4.98 Å². The molecule has 1 atom stereocenters. The molecule has 17 heavy (non-hydrogen) atoms. The van der Waals surface area contributed by atoms with E-state index in [0.29, 0.717) is 5.69 Å². The minimum Gasteiger partial charge on any atom is -0.377 e. The van der Waals surface area contributed by atoms with Gasteiger partial charge in [0.05, 0.1) is 27.3 Å². The smallest absolute Gasteiger partial charge is 0.160 e. The molecule has 1 aromatic carbocycles. The fraction of sp³-hybridized carbons (Fsp3) is 0.182. The molecule has 0 aliphatic heterocycles. The molecule has 0 radical (unpaired) electrons. The van der Waals surface area contributed by atoms with Crippen LogP contribution in [0.4, 0.5) is 10.1 Å². The third-order valence-corrected chi connectivity index (χ3v) is 3.42. The zero-order valence-corrected chi connectivity index (χ0v) is 11.2. The Bertz CT molecular complexity index is 493. The van der Waals surface area contributed by atoms with E-state index < -0.39 is 5.82 Å². The van der Waals surface area contributed by atoms with Crippen molar-refractivity contribution in [3.05, 3.63) is 44.6 Å². The summed E-state index contributed by atoms with van der Waals surface area (Å²) in [6.07, 6.45) is 0. The number of nitrogens with zero attached hydrogens (tertiary/aromatic N) is 1. The normalized spacial score (nSPS) is 12.5. The van der Waals surface area contributed by atoms with Crippen LogP contribution < -0.4 is 5.32 Å². The van der Waals surface area contributed by atoms with Crippen LogP contribution >= 0.6 is 34.5 Å². The van der Waals surface area contributed by atoms with Crippen LogP contribution in [0.5, 0.6) is 0 Å². The monoisotopic (exact) mass is 290 g/mol. The minimum atomic E-state index is -0.597. The van der Waals surface area contributed by atoms with E-state index in [9.17, 15) is 4.39 Å². The molecule has 1 N–H and O–H groups in total. The second-order valence-corrected chi connectivity index (χ2v) is 5.07. The maximum absolute atomic E-state index is 13.2. The number of halogens is 3. The average Bonchev–Trinajstić information content (AvgIpc) is 2.79. The molecule has 0 saturated heterocycles. The summed E-state index contributed by atoms with van der Waals surface area (Å²) >= 11 is 13.0. The molecule has 2 aromatic rings. The van der Waals surface area contributed by atoms with Crippen LogP contribution in [0.2, 0.25) is 10.0 Å². The molecular formula is C11H9Cl2FN2S. The Morgan fingerprint density at radius 3 is 2.53 bits per heavy atom. The molecule has 0 fully saturated rings. The molecule has 2 nitrogen and oxygen atoms in total. The van der Waals surface area contributed by atoms with Gasteiger partial charge in [0, 0.05) is 11.1 Å². The van der Waals surface area contributed by atoms with Gasteiger partial charge in [-0.2, -0.15) is 0 Å². The molecule has 0 amide bonds. The second kappa shape index (κ2) is 5.21. The first kappa shape index (κ1) is 12.6. The van der Waals surface area contributed by atoms with Gasteiger partial charge in [-0.15, -0.1) is 11.3 Å². The Kier molecular flexibility index (Phi) is 3.86. The number of thiazole rings is 1. The summed E-state index contributed by atoms with van der Waals surface area (Å²) in [5.74, 6) is -0.597. The van der Waals surface area contributed by atoms with Gasteiger partial charge in [-0.3, -0.25) is 0 Å². The van der Waals surface area contributed by atoms with Gasteiger partial charge in [-0.25, -0.2) is 9.37 Å². The lowest BCUT2D eigenvalue weighted by Crippen LogP contribution is -2.07. The largest absolute Gasteiger partial charge is 0.377 e. The molecule has 0 aliphatic rings. The molecule has 1 unspecified atom stereocenters. The van der Waals surface area contributed by atoms with Crippen molar-refractivity contribution in [2.75, 3.05) is 5.32 Å². The first-order valence-electron chi connectivity index (χ1n) is 4.87. The summed E-state index contributed by atoms with van der Waals surface area (Å²) in [7, 11) is 0. The fourth-order valence-corrected chi connectivity index (χ4v) is 2.53. The van der Waals surface area contributed by atoms with E-state index in [2.05, 4.69) is 10.3 Å². The second-order valence-electron chi connectivity index (χ2n) is 3.53. The third kappa shape index (κ3) is 2.89. The van der Waals surface area contributed by atoms with E-state index in [4.69, 9.17) is 23.2 Å². The van der Waals surface area contributed by atoms with Gasteiger partial charge in [0.2, 0.25) is 0 Å². The van der Waals surface area contributed by atoms with E-state index in [1.807, 2.05) is 12.3 Å². The van der Waals surface area contributed by atoms with Crippen molar-refractivity contribution in [1.29, 1.82) is 0 Å². The fourth-order valence-electron chi connectivity index (χ4n) is 1.40. The van der Waals surface area contributed by atoms with Crippen LogP contribution in [-0.4, -0.2) is 4.98 Å². The minimum absolute atomic E-state index is 0.00507. The summed E-state index contributed by atoms with van der Waals surface area (Å²) in [6, 6.07) is 3.02. The van der Waals surface area contributed by atoms with Gasteiger partial charge in [0.25, 0.3) is 0 Å². The first-order chi connectivity index (χ1) is 8.08. The third-order valence-electron chi connectivity index (χ3n) is 2.26. The molecule has 0 saturated carbocycles. The molecule has 90 valence electrons. The maximum Gasteiger partial charge on any atom is 0.160 e. The number of hydrogen-bond acceptors (Lipinski definition) is 3. The van der Waals surface area contributed by atoms with E-state index in [1.165, 1.54) is 23.5 Å². The molecular weight excluding hydrogens is 282 g/mol. The van der Waals surface area contributed by atoms with Crippen molar-refractivity contribution in [3.63, 3.8) is 0 Å². The van der Waals surface area contributed by atoms with Gasteiger partial charge in [-0.1, -0.05) is 23.2 Å². The van der Waals surface area contributed by atoms with Crippen LogP contribution in [0, 0.1) is 5.82 Å². The Morgan fingerprint density at radius 1 is 1.35 bits per heavy atom. The van der Waals surface area contributed by atoms with Crippen LogP contribution in [0.1, 0.15) is 18.7 Å². The van der Waals surface area contributed by atoms with E-state index in [1.54, 1.807) is 5.51 Å². The van der Waals surface area contributed by atoms with Gasteiger partial charge in [0.1, 0.15) is 0 Å². The summed E-state index contributed by atoms with van der Waals surface area (Å²) in [5, 5.41) is 5.12. The lowest BCUT2D eigenvalue weighted by molar-refractivity contribution is 0.628. The van der Waals surface area contributed by atoms with Crippen molar-refractivity contribution in [2.24, 2.45) is 0 Å². The Balaban J connectivity index is 2.19. The Morgan fingerprint density at radius 2 is 2.00 bits per heavy atom. The maximum atomic E-state index is 13.2. The predicted octanol–water partition coefficient (Wildman–Crippen LogP) is 4.76. The highest BCUT2D eigenvalue weighted by molar-refractivity contribution is 7.07. The van der Waals surface area contributed by atoms with E-state index in [0.717, 1.165) is 5.69 Å². The van der Waals surface area contributed by atoms with E-state index >= 15 is 0 Å². The number of anilines is 1. The summed E-state index contributed by atoms with van der Waals surface area (Å²) in [6.45, 7) is 1.96. The molecule has 2 rings (SSSR count). The van der Waals surface area contributed by atoms with Gasteiger partial charge < -0.3 is 5.32 Å². The van der Waals surface area contributed by atoms with E-state index in [-0.39, 0.29) is 16.1 Å². The summed E-state index contributed by atoms with van der Waals surface area (Å²) in [4.78, 5) is 4.19. The highest BCUT2D eigenvalue weighted by Gasteiger charge is 2.11. The van der Waals surface area contributed by atoms with Gasteiger partial charge in [-0.05, 0) is 19.1 Å². The van der Waals surface area contributed by atoms with Crippen LogP contribution in [0.3, 0.4) is 0 Å². The quantitative estimate of drug-likeness (QED) is 0.824. The van der Waals surface area contributed by atoms with Crippen LogP contribution in [0.15, 0.2) is 23.0 Å².